The number of Topliss-reactive ketones (excluding diaryl/α,β-unsaturated/α-hetero) is 1. The van der Waals surface area contributed by atoms with E-state index in [1.807, 2.05) is 49.9 Å². The fourth-order valence-corrected chi connectivity index (χ4v) is 5.56. The van der Waals surface area contributed by atoms with Gasteiger partial charge in [-0.2, -0.15) is 11.8 Å². The molecule has 1 fully saturated rings. The van der Waals surface area contributed by atoms with Crippen LogP contribution in [0.5, 0.6) is 0 Å². The van der Waals surface area contributed by atoms with Crippen molar-refractivity contribution in [2.24, 2.45) is 5.41 Å². The average molecular weight is 445 g/mol. The fraction of sp³-hybridized carbons (Fsp3) is 0.440. The number of ether oxygens (including phenoxy) is 1. The number of carbonyl (C=O) groups is 2. The molecule has 0 spiro atoms. The molecule has 0 radical (unpaired) electrons. The topological polar surface area (TPSA) is 43.4 Å². The lowest BCUT2D eigenvalue weighted by Gasteiger charge is -2.34. The van der Waals surface area contributed by atoms with Crippen molar-refractivity contribution in [1.29, 1.82) is 0 Å². The van der Waals surface area contributed by atoms with Crippen LogP contribution in [-0.2, 0) is 20.7 Å². The molecule has 0 amide bonds. The van der Waals surface area contributed by atoms with Gasteiger partial charge in [0.2, 0.25) is 0 Å². The third kappa shape index (κ3) is 5.28. The van der Waals surface area contributed by atoms with E-state index < -0.39 is 5.41 Å². The monoisotopic (exact) mass is 444 g/mol. The van der Waals surface area contributed by atoms with E-state index in [1.165, 1.54) is 0 Å². The van der Waals surface area contributed by atoms with Gasteiger partial charge in [0.15, 0.2) is 0 Å². The number of aryl methyl sites for hydroxylation is 2. The summed E-state index contributed by atoms with van der Waals surface area (Å²) >= 11 is 7.86. The lowest BCUT2D eigenvalue weighted by atomic mass is 9.76. The Kier molecular flexibility index (Phi) is 7.65. The van der Waals surface area contributed by atoms with Crippen LogP contribution in [0.4, 0.5) is 0 Å². The summed E-state index contributed by atoms with van der Waals surface area (Å²) in [6, 6.07) is 12.0. The second-order valence-corrected chi connectivity index (χ2v) is 9.77. The van der Waals surface area contributed by atoms with Crippen molar-refractivity contribution in [2.45, 2.75) is 46.5 Å². The largest absolute Gasteiger partial charge is 0.466 e. The molecule has 1 heterocycles. The maximum absolute atomic E-state index is 13.0. The number of ketones is 1. The van der Waals surface area contributed by atoms with E-state index in [9.17, 15) is 9.59 Å². The highest BCUT2D eigenvalue weighted by molar-refractivity contribution is 7.99. The summed E-state index contributed by atoms with van der Waals surface area (Å²) in [6.45, 7) is 6.28. The van der Waals surface area contributed by atoms with Crippen molar-refractivity contribution in [3.63, 3.8) is 0 Å². The first-order valence-electron chi connectivity index (χ1n) is 10.5. The van der Waals surface area contributed by atoms with Gasteiger partial charge in [-0.15, -0.1) is 0 Å². The Morgan fingerprint density at radius 2 is 1.73 bits per heavy atom. The molecule has 2 aromatic rings. The molecule has 0 N–H and O–H groups in total. The van der Waals surface area contributed by atoms with Crippen LogP contribution in [-0.4, -0.2) is 29.9 Å². The van der Waals surface area contributed by atoms with Crippen molar-refractivity contribution in [1.82, 2.24) is 0 Å². The van der Waals surface area contributed by atoms with Crippen LogP contribution in [0.25, 0.3) is 11.1 Å². The van der Waals surface area contributed by atoms with E-state index in [0.29, 0.717) is 18.1 Å². The molecule has 0 unspecified atom stereocenters. The molecule has 160 valence electrons. The number of carbonyl (C=O) groups excluding carboxylic acids is 2. The highest BCUT2D eigenvalue weighted by atomic mass is 35.5. The first-order chi connectivity index (χ1) is 14.3. The van der Waals surface area contributed by atoms with Gasteiger partial charge < -0.3 is 4.74 Å². The Morgan fingerprint density at radius 3 is 2.37 bits per heavy atom. The molecule has 3 rings (SSSR count). The van der Waals surface area contributed by atoms with Crippen LogP contribution in [0.3, 0.4) is 0 Å². The lowest BCUT2D eigenvalue weighted by molar-refractivity contribution is -0.158. The zero-order chi connectivity index (χ0) is 21.7. The second kappa shape index (κ2) is 10.0. The molecule has 1 saturated heterocycles. The number of halogens is 1. The van der Waals surface area contributed by atoms with Crippen LogP contribution in [0.2, 0.25) is 5.02 Å². The SMILES string of the molecule is CCOC(=O)C1(CC(=O)Cc2cc(C)c(-c3ccc(Cl)cc3)cc2C)CCSCC1. The molecule has 1 aliphatic rings. The van der Waals surface area contributed by atoms with Gasteiger partial charge in [0.25, 0.3) is 0 Å². The first-order valence-corrected chi connectivity index (χ1v) is 12.0. The summed E-state index contributed by atoms with van der Waals surface area (Å²) in [5.41, 5.74) is 4.85. The van der Waals surface area contributed by atoms with E-state index >= 15 is 0 Å². The van der Waals surface area contributed by atoms with Crippen LogP contribution < -0.4 is 0 Å². The molecule has 1 aliphatic heterocycles. The summed E-state index contributed by atoms with van der Waals surface area (Å²) in [5.74, 6) is 1.71. The number of hydrogen-bond donors (Lipinski definition) is 0. The Morgan fingerprint density at radius 1 is 1.07 bits per heavy atom. The molecule has 2 aromatic carbocycles. The first kappa shape index (κ1) is 22.9. The van der Waals surface area contributed by atoms with Crippen molar-refractivity contribution in [3.8, 4) is 11.1 Å². The molecule has 5 heteroatoms. The average Bonchev–Trinajstić information content (AvgIpc) is 2.72. The van der Waals surface area contributed by atoms with Crippen molar-refractivity contribution >= 4 is 35.1 Å². The number of benzene rings is 2. The van der Waals surface area contributed by atoms with Crippen LogP contribution in [0.15, 0.2) is 36.4 Å². The fourth-order valence-electron chi connectivity index (χ4n) is 4.16. The van der Waals surface area contributed by atoms with Crippen molar-refractivity contribution < 1.29 is 14.3 Å². The highest BCUT2D eigenvalue weighted by Crippen LogP contribution is 2.40. The van der Waals surface area contributed by atoms with Crippen molar-refractivity contribution in [2.75, 3.05) is 18.1 Å². The van der Waals surface area contributed by atoms with Gasteiger partial charge in [0.1, 0.15) is 5.78 Å². The van der Waals surface area contributed by atoms with Gasteiger partial charge in [0.05, 0.1) is 12.0 Å². The molecule has 0 saturated carbocycles. The molecule has 30 heavy (non-hydrogen) atoms. The van der Waals surface area contributed by atoms with Gasteiger partial charge >= 0.3 is 5.97 Å². The van der Waals surface area contributed by atoms with E-state index in [-0.39, 0.29) is 18.2 Å². The second-order valence-electron chi connectivity index (χ2n) is 8.11. The Bertz CT molecular complexity index is 915. The Balaban J connectivity index is 1.78. The Hall–Kier alpha value is -1.78. The van der Waals surface area contributed by atoms with E-state index in [0.717, 1.165) is 52.2 Å². The summed E-state index contributed by atoms with van der Waals surface area (Å²) in [7, 11) is 0. The lowest BCUT2D eigenvalue weighted by Crippen LogP contribution is -2.39. The minimum absolute atomic E-state index is 0.108. The zero-order valence-corrected chi connectivity index (χ0v) is 19.5. The van der Waals surface area contributed by atoms with Gasteiger partial charge in [-0.3, -0.25) is 9.59 Å². The zero-order valence-electron chi connectivity index (χ0n) is 17.9. The quantitative estimate of drug-likeness (QED) is 0.476. The maximum Gasteiger partial charge on any atom is 0.312 e. The van der Waals surface area contributed by atoms with Crippen LogP contribution >= 0.6 is 23.4 Å². The van der Waals surface area contributed by atoms with Crippen LogP contribution in [0.1, 0.15) is 42.9 Å². The minimum atomic E-state index is -0.648. The normalized spacial score (nSPS) is 15.6. The third-order valence-electron chi connectivity index (χ3n) is 5.92. The number of rotatable bonds is 7. The number of esters is 1. The molecular weight excluding hydrogens is 416 g/mol. The van der Waals surface area contributed by atoms with E-state index in [1.54, 1.807) is 0 Å². The van der Waals surface area contributed by atoms with E-state index in [2.05, 4.69) is 19.1 Å². The standard InChI is InChI=1S/C25H29ClO3S/c1-4-29-24(28)25(9-11-30-12-10-25)16-22(27)15-20-13-18(3)23(14-17(20)2)19-5-7-21(26)8-6-19/h5-8,13-14H,4,9-12,15-16H2,1-3H3. The minimum Gasteiger partial charge on any atom is -0.466 e. The van der Waals surface area contributed by atoms with Crippen molar-refractivity contribution in [3.05, 3.63) is 58.1 Å². The summed E-state index contributed by atoms with van der Waals surface area (Å²) in [5, 5.41) is 0.715. The smallest absolute Gasteiger partial charge is 0.312 e. The molecule has 0 aromatic heterocycles. The summed E-state index contributed by atoms with van der Waals surface area (Å²) < 4.78 is 5.34. The molecule has 0 atom stereocenters. The Labute approximate surface area is 188 Å². The van der Waals surface area contributed by atoms with Gasteiger partial charge in [0, 0.05) is 17.9 Å². The molecule has 0 aliphatic carbocycles. The van der Waals surface area contributed by atoms with Gasteiger partial charge in [-0.05, 0) is 85.1 Å². The van der Waals surface area contributed by atoms with E-state index in [4.69, 9.17) is 16.3 Å². The van der Waals surface area contributed by atoms with Gasteiger partial charge in [-0.25, -0.2) is 0 Å². The number of thioether (sulfide) groups is 1. The molecule has 0 bridgehead atoms. The summed E-state index contributed by atoms with van der Waals surface area (Å²) in [4.78, 5) is 25.7. The van der Waals surface area contributed by atoms with Gasteiger partial charge in [-0.1, -0.05) is 35.9 Å². The highest BCUT2D eigenvalue weighted by Gasteiger charge is 2.42. The predicted octanol–water partition coefficient (Wildman–Crippen LogP) is 6.20. The number of hydrogen-bond acceptors (Lipinski definition) is 4. The summed E-state index contributed by atoms with van der Waals surface area (Å²) in [6.07, 6.45) is 2.05. The maximum atomic E-state index is 13.0. The molecular formula is C25H29ClO3S. The predicted molar refractivity (Wildman–Crippen MR) is 125 cm³/mol. The third-order valence-corrected chi connectivity index (χ3v) is 7.16. The van der Waals surface area contributed by atoms with Crippen LogP contribution in [0, 0.1) is 19.3 Å². The molecule has 3 nitrogen and oxygen atoms in total.